The molecule has 1 amide bonds. The van der Waals surface area contributed by atoms with Gasteiger partial charge in [0.2, 0.25) is 5.95 Å². The van der Waals surface area contributed by atoms with E-state index in [-0.39, 0.29) is 17.3 Å². The summed E-state index contributed by atoms with van der Waals surface area (Å²) in [6, 6.07) is 16.5. The van der Waals surface area contributed by atoms with E-state index in [4.69, 9.17) is 4.74 Å². The molecular formula is C25H20N4O4. The normalized spacial score (nSPS) is 17.6. The Kier molecular flexibility index (Phi) is 4.90. The molecule has 0 bridgehead atoms. The van der Waals surface area contributed by atoms with Crippen LogP contribution in [0.1, 0.15) is 22.9 Å². The lowest BCUT2D eigenvalue weighted by molar-refractivity contribution is -0.132. The molecule has 1 aliphatic heterocycles. The molecule has 33 heavy (non-hydrogen) atoms. The zero-order chi connectivity index (χ0) is 23.1. The highest BCUT2D eigenvalue weighted by Crippen LogP contribution is 2.41. The highest BCUT2D eigenvalue weighted by molar-refractivity contribution is 6.51. The minimum absolute atomic E-state index is 0.0551. The first-order chi connectivity index (χ1) is 16.0. The smallest absolute Gasteiger partial charge is 0.302 e. The Balaban J connectivity index is 1.70. The van der Waals surface area contributed by atoms with E-state index in [1.165, 1.54) is 12.0 Å². The molecule has 2 aromatic heterocycles. The van der Waals surface area contributed by atoms with Crippen molar-refractivity contribution in [2.75, 3.05) is 12.0 Å². The molecule has 2 N–H and O–H groups in total. The number of imidazole rings is 1. The van der Waals surface area contributed by atoms with E-state index >= 15 is 0 Å². The van der Waals surface area contributed by atoms with Crippen molar-refractivity contribution in [1.82, 2.24) is 15.0 Å². The first-order valence-corrected chi connectivity index (χ1v) is 10.3. The number of carbonyl (C=O) groups is 2. The van der Waals surface area contributed by atoms with Crippen LogP contribution in [0, 0.1) is 6.92 Å². The first kappa shape index (κ1) is 20.4. The van der Waals surface area contributed by atoms with Gasteiger partial charge in [0.25, 0.3) is 5.78 Å². The van der Waals surface area contributed by atoms with Gasteiger partial charge >= 0.3 is 5.91 Å². The minimum Gasteiger partial charge on any atom is -0.507 e. The number of aliphatic hydroxyl groups excluding tert-OH is 1. The maximum atomic E-state index is 13.2. The maximum Gasteiger partial charge on any atom is 0.302 e. The molecule has 1 unspecified atom stereocenters. The van der Waals surface area contributed by atoms with Crippen molar-refractivity contribution in [3.05, 3.63) is 89.3 Å². The van der Waals surface area contributed by atoms with E-state index in [2.05, 4.69) is 15.0 Å². The van der Waals surface area contributed by atoms with Crippen LogP contribution in [0.3, 0.4) is 0 Å². The number of H-pyrrole nitrogens is 1. The third-order valence-electron chi connectivity index (χ3n) is 5.63. The van der Waals surface area contributed by atoms with Crippen LogP contribution in [0.25, 0.3) is 16.8 Å². The van der Waals surface area contributed by atoms with Crippen molar-refractivity contribution in [3.8, 4) is 5.75 Å². The summed E-state index contributed by atoms with van der Waals surface area (Å²) in [4.78, 5) is 39.7. The number of pyridine rings is 1. The molecule has 0 spiro atoms. The maximum absolute atomic E-state index is 13.2. The van der Waals surface area contributed by atoms with Gasteiger partial charge in [0.1, 0.15) is 17.6 Å². The third kappa shape index (κ3) is 3.41. The largest absolute Gasteiger partial charge is 0.507 e. The average Bonchev–Trinajstić information content (AvgIpc) is 3.37. The van der Waals surface area contributed by atoms with Crippen LogP contribution in [-0.4, -0.2) is 38.9 Å². The van der Waals surface area contributed by atoms with Crippen LogP contribution in [0.4, 0.5) is 5.95 Å². The predicted molar refractivity (Wildman–Crippen MR) is 123 cm³/mol. The van der Waals surface area contributed by atoms with Gasteiger partial charge in [-0.05, 0) is 61.0 Å². The highest BCUT2D eigenvalue weighted by Gasteiger charge is 2.48. The third-order valence-corrected chi connectivity index (χ3v) is 5.63. The van der Waals surface area contributed by atoms with Crippen molar-refractivity contribution in [1.29, 1.82) is 0 Å². The lowest BCUT2D eigenvalue weighted by Crippen LogP contribution is -2.30. The number of anilines is 1. The topological polar surface area (TPSA) is 108 Å². The number of aromatic amines is 1. The van der Waals surface area contributed by atoms with Gasteiger partial charge in [-0.2, -0.15) is 0 Å². The molecule has 2 aromatic carbocycles. The predicted octanol–water partition coefficient (Wildman–Crippen LogP) is 3.90. The zero-order valence-corrected chi connectivity index (χ0v) is 17.9. The number of carbonyl (C=O) groups excluding carboxylic acids is 2. The number of benzene rings is 2. The van der Waals surface area contributed by atoms with Crippen LogP contribution in [-0.2, 0) is 9.59 Å². The fourth-order valence-corrected chi connectivity index (χ4v) is 4.00. The number of ether oxygens (including phenoxy) is 1. The zero-order valence-electron chi connectivity index (χ0n) is 17.9. The molecule has 0 saturated carbocycles. The van der Waals surface area contributed by atoms with Gasteiger partial charge < -0.3 is 14.8 Å². The molecule has 4 aromatic rings. The van der Waals surface area contributed by atoms with E-state index in [9.17, 15) is 14.7 Å². The number of ketones is 1. The van der Waals surface area contributed by atoms with Gasteiger partial charge in [-0.3, -0.25) is 19.5 Å². The number of aryl methyl sites for hydroxylation is 1. The number of hydrogen-bond donors (Lipinski definition) is 2. The Morgan fingerprint density at radius 3 is 2.58 bits per heavy atom. The number of rotatable bonds is 4. The molecule has 8 nitrogen and oxygen atoms in total. The minimum atomic E-state index is -0.949. The first-order valence-electron chi connectivity index (χ1n) is 10.3. The van der Waals surface area contributed by atoms with Gasteiger partial charge in [0, 0.05) is 11.8 Å². The molecule has 0 radical (unpaired) electrons. The monoisotopic (exact) mass is 440 g/mol. The van der Waals surface area contributed by atoms with Gasteiger partial charge in [-0.25, -0.2) is 4.98 Å². The summed E-state index contributed by atoms with van der Waals surface area (Å²) in [5.41, 5.74) is 3.19. The Morgan fingerprint density at radius 2 is 1.88 bits per heavy atom. The highest BCUT2D eigenvalue weighted by atomic mass is 16.5. The van der Waals surface area contributed by atoms with Gasteiger partial charge in [0.05, 0.1) is 29.4 Å². The fraction of sp³-hybridized carbons (Fsp3) is 0.120. The van der Waals surface area contributed by atoms with E-state index < -0.39 is 17.7 Å². The summed E-state index contributed by atoms with van der Waals surface area (Å²) in [6.45, 7) is 1.95. The molecule has 1 saturated heterocycles. The number of hydrogen-bond acceptors (Lipinski definition) is 6. The second-order valence-corrected chi connectivity index (χ2v) is 7.73. The number of nitrogens with zero attached hydrogens (tertiary/aromatic N) is 3. The standard InChI is InChI=1S/C25H20N4O4/c1-14-6-11-17-19(13-14)28-25(27-17)29-21(18-5-3-4-12-26-18)20(23(31)24(29)32)22(30)15-7-9-16(33-2)10-8-15/h3-13,21,30H,1-2H3,(H,27,28)/b22-20+. The number of Topliss-reactive ketones (excluding diaryl/α,β-unsaturated/α-hetero) is 1. The van der Waals surface area contributed by atoms with E-state index in [0.717, 1.165) is 11.1 Å². The quantitative estimate of drug-likeness (QED) is 0.283. The van der Waals surface area contributed by atoms with Crippen molar-refractivity contribution >= 4 is 34.4 Å². The summed E-state index contributed by atoms with van der Waals surface area (Å²) >= 11 is 0. The molecule has 8 heteroatoms. The molecule has 1 fully saturated rings. The number of nitrogens with one attached hydrogen (secondary N) is 1. The van der Waals surface area contributed by atoms with Crippen LogP contribution < -0.4 is 9.64 Å². The lowest BCUT2D eigenvalue weighted by atomic mass is 9.98. The Bertz CT molecular complexity index is 1410. The van der Waals surface area contributed by atoms with Crippen molar-refractivity contribution in [2.24, 2.45) is 0 Å². The number of aliphatic hydroxyl groups is 1. The fourth-order valence-electron chi connectivity index (χ4n) is 4.00. The molecule has 164 valence electrons. The van der Waals surface area contributed by atoms with Gasteiger partial charge in [-0.1, -0.05) is 12.1 Å². The van der Waals surface area contributed by atoms with Crippen LogP contribution in [0.5, 0.6) is 5.75 Å². The number of amides is 1. The number of aromatic nitrogens is 3. The lowest BCUT2D eigenvalue weighted by Gasteiger charge is -2.22. The summed E-state index contributed by atoms with van der Waals surface area (Å²) in [5.74, 6) is -1.08. The van der Waals surface area contributed by atoms with E-state index in [1.54, 1.807) is 48.7 Å². The van der Waals surface area contributed by atoms with Crippen LogP contribution in [0.2, 0.25) is 0 Å². The Labute approximate surface area is 189 Å². The number of methoxy groups -OCH3 is 1. The second kappa shape index (κ2) is 7.90. The average molecular weight is 440 g/mol. The van der Waals surface area contributed by atoms with Crippen LogP contribution >= 0.6 is 0 Å². The summed E-state index contributed by atoms with van der Waals surface area (Å²) < 4.78 is 5.17. The molecule has 1 atom stereocenters. The SMILES string of the molecule is COc1ccc(/C(O)=C2\C(=O)C(=O)N(c3nc4ccc(C)cc4[nH]3)C2c2ccccn2)cc1. The van der Waals surface area contributed by atoms with E-state index in [1.807, 2.05) is 25.1 Å². The molecular weight excluding hydrogens is 420 g/mol. The second-order valence-electron chi connectivity index (χ2n) is 7.73. The molecule has 0 aliphatic carbocycles. The summed E-state index contributed by atoms with van der Waals surface area (Å²) in [7, 11) is 1.54. The van der Waals surface area contributed by atoms with Gasteiger partial charge in [0.15, 0.2) is 0 Å². The van der Waals surface area contributed by atoms with Crippen LogP contribution in [0.15, 0.2) is 72.4 Å². The van der Waals surface area contributed by atoms with Crippen molar-refractivity contribution in [3.63, 3.8) is 0 Å². The Hall–Kier alpha value is -4.46. The van der Waals surface area contributed by atoms with Crippen molar-refractivity contribution in [2.45, 2.75) is 13.0 Å². The molecule has 5 rings (SSSR count). The summed E-state index contributed by atoms with van der Waals surface area (Å²) in [6.07, 6.45) is 1.57. The van der Waals surface area contributed by atoms with Gasteiger partial charge in [-0.15, -0.1) is 0 Å². The Morgan fingerprint density at radius 1 is 1.09 bits per heavy atom. The van der Waals surface area contributed by atoms with Crippen molar-refractivity contribution < 1.29 is 19.4 Å². The van der Waals surface area contributed by atoms with E-state index in [0.29, 0.717) is 22.5 Å². The molecule has 3 heterocycles. The summed E-state index contributed by atoms with van der Waals surface area (Å²) in [5, 5.41) is 11.1. The molecule has 1 aliphatic rings. The number of fused-ring (bicyclic) bond motifs is 1.